The van der Waals surface area contributed by atoms with Crippen molar-refractivity contribution in [2.75, 3.05) is 0 Å². The highest BCUT2D eigenvalue weighted by molar-refractivity contribution is 5.88. The molecule has 2 N–H and O–H groups in total. The summed E-state index contributed by atoms with van der Waals surface area (Å²) in [6, 6.07) is 18.6. The van der Waals surface area contributed by atoms with Gasteiger partial charge in [0.25, 0.3) is 0 Å². The first-order valence-electron chi connectivity index (χ1n) is 6.17. The average Bonchev–Trinajstić information content (AvgIpc) is 2.51. The van der Waals surface area contributed by atoms with E-state index in [9.17, 15) is 10.2 Å². The number of benzene rings is 2. The summed E-state index contributed by atoms with van der Waals surface area (Å²) in [5.41, 5.74) is 2.50. The fourth-order valence-electron chi connectivity index (χ4n) is 2.17. The lowest BCUT2D eigenvalue weighted by Gasteiger charge is -2.11. The number of aromatic hydroxyl groups is 2. The third kappa shape index (κ3) is 2.07. The largest absolute Gasteiger partial charge is 0.492 e. The zero-order valence-corrected chi connectivity index (χ0v) is 10.6. The maximum Gasteiger partial charge on any atom is 0.239 e. The Kier molecular flexibility index (Phi) is 3.05. The smallest absolute Gasteiger partial charge is 0.239 e. The Morgan fingerprint density at radius 2 is 0.900 bits per heavy atom. The Labute approximate surface area is 116 Å². The van der Waals surface area contributed by atoms with Crippen molar-refractivity contribution in [1.82, 2.24) is 10.2 Å². The van der Waals surface area contributed by atoms with Gasteiger partial charge in [0.05, 0.1) is 11.1 Å². The van der Waals surface area contributed by atoms with E-state index in [2.05, 4.69) is 10.2 Å². The van der Waals surface area contributed by atoms with Crippen molar-refractivity contribution >= 4 is 0 Å². The van der Waals surface area contributed by atoms with Crippen molar-refractivity contribution < 1.29 is 10.2 Å². The van der Waals surface area contributed by atoms with E-state index in [4.69, 9.17) is 0 Å². The van der Waals surface area contributed by atoms with Gasteiger partial charge in [-0.2, -0.15) is 0 Å². The molecule has 0 unspecified atom stereocenters. The van der Waals surface area contributed by atoms with E-state index in [1.807, 2.05) is 60.7 Å². The van der Waals surface area contributed by atoms with Crippen LogP contribution < -0.4 is 0 Å². The van der Waals surface area contributed by atoms with Gasteiger partial charge in [-0.15, -0.1) is 10.2 Å². The second-order valence-electron chi connectivity index (χ2n) is 4.33. The monoisotopic (exact) mass is 264 g/mol. The quantitative estimate of drug-likeness (QED) is 0.745. The van der Waals surface area contributed by atoms with Gasteiger partial charge in [0.1, 0.15) is 0 Å². The Hall–Kier alpha value is -2.88. The third-order valence-electron chi connectivity index (χ3n) is 3.06. The highest BCUT2D eigenvalue weighted by Gasteiger charge is 2.18. The summed E-state index contributed by atoms with van der Waals surface area (Å²) in [7, 11) is 0. The Bertz CT molecular complexity index is 664. The van der Waals surface area contributed by atoms with Crippen LogP contribution in [-0.2, 0) is 0 Å². The Morgan fingerprint density at radius 1 is 0.550 bits per heavy atom. The molecule has 98 valence electrons. The number of rotatable bonds is 2. The Morgan fingerprint density at radius 3 is 1.25 bits per heavy atom. The van der Waals surface area contributed by atoms with Crippen LogP contribution in [0, 0.1) is 0 Å². The van der Waals surface area contributed by atoms with Crippen molar-refractivity contribution in [3.63, 3.8) is 0 Å². The first-order valence-corrected chi connectivity index (χ1v) is 6.17. The topological polar surface area (TPSA) is 66.2 Å². The van der Waals surface area contributed by atoms with Gasteiger partial charge in [-0.3, -0.25) is 0 Å². The molecule has 0 atom stereocenters. The van der Waals surface area contributed by atoms with Crippen LogP contribution in [0.3, 0.4) is 0 Å². The van der Waals surface area contributed by atoms with Gasteiger partial charge < -0.3 is 10.2 Å². The SMILES string of the molecule is Oc1nnc(O)c(-c2ccccc2)c1-c1ccccc1. The molecule has 0 saturated heterocycles. The average molecular weight is 264 g/mol. The minimum atomic E-state index is -0.201. The molecule has 4 heteroatoms. The molecular formula is C16H12N2O2. The molecular weight excluding hydrogens is 252 g/mol. The van der Waals surface area contributed by atoms with E-state index in [1.54, 1.807) is 0 Å². The van der Waals surface area contributed by atoms with E-state index in [0.717, 1.165) is 11.1 Å². The summed E-state index contributed by atoms with van der Waals surface area (Å²) in [6.45, 7) is 0. The van der Waals surface area contributed by atoms with Gasteiger partial charge in [-0.1, -0.05) is 60.7 Å². The molecule has 3 rings (SSSR count). The van der Waals surface area contributed by atoms with Gasteiger partial charge in [-0.25, -0.2) is 0 Å². The zero-order valence-electron chi connectivity index (χ0n) is 10.6. The normalized spacial score (nSPS) is 10.4. The van der Waals surface area contributed by atoms with Crippen molar-refractivity contribution in [2.24, 2.45) is 0 Å². The molecule has 1 heterocycles. The van der Waals surface area contributed by atoms with Crippen LogP contribution in [-0.4, -0.2) is 20.4 Å². The van der Waals surface area contributed by atoms with Gasteiger partial charge in [0.15, 0.2) is 0 Å². The number of aromatic nitrogens is 2. The lowest BCUT2D eigenvalue weighted by Crippen LogP contribution is -1.93. The second-order valence-corrected chi connectivity index (χ2v) is 4.33. The molecule has 0 fully saturated rings. The maximum atomic E-state index is 10.0. The lowest BCUT2D eigenvalue weighted by molar-refractivity contribution is 0.418. The minimum absolute atomic E-state index is 0.201. The predicted octanol–water partition coefficient (Wildman–Crippen LogP) is 3.22. The summed E-state index contributed by atoms with van der Waals surface area (Å²) in [5, 5.41) is 27.3. The van der Waals surface area contributed by atoms with Crippen LogP contribution in [0.2, 0.25) is 0 Å². The van der Waals surface area contributed by atoms with Crippen LogP contribution in [0.4, 0.5) is 0 Å². The summed E-state index contributed by atoms with van der Waals surface area (Å²) in [6.07, 6.45) is 0. The molecule has 0 aliphatic rings. The second kappa shape index (κ2) is 5.01. The summed E-state index contributed by atoms with van der Waals surface area (Å²) in [4.78, 5) is 0. The molecule has 1 aromatic heterocycles. The van der Waals surface area contributed by atoms with Crippen LogP contribution in [0.5, 0.6) is 11.8 Å². The molecule has 4 nitrogen and oxygen atoms in total. The van der Waals surface area contributed by atoms with Crippen molar-refractivity contribution in [3.05, 3.63) is 60.7 Å². The predicted molar refractivity (Wildman–Crippen MR) is 76.2 cm³/mol. The van der Waals surface area contributed by atoms with Crippen molar-refractivity contribution in [2.45, 2.75) is 0 Å². The van der Waals surface area contributed by atoms with Crippen LogP contribution in [0.15, 0.2) is 60.7 Å². The molecule has 3 aromatic rings. The minimum Gasteiger partial charge on any atom is -0.492 e. The van der Waals surface area contributed by atoms with Gasteiger partial charge in [0, 0.05) is 0 Å². The van der Waals surface area contributed by atoms with Crippen molar-refractivity contribution in [3.8, 4) is 34.0 Å². The number of nitrogens with zero attached hydrogens (tertiary/aromatic N) is 2. The fourth-order valence-corrected chi connectivity index (χ4v) is 2.17. The first kappa shape index (κ1) is 12.2. The molecule has 0 aliphatic heterocycles. The number of hydrogen-bond donors (Lipinski definition) is 2. The molecule has 0 amide bonds. The van der Waals surface area contributed by atoms with Crippen LogP contribution in [0.1, 0.15) is 0 Å². The molecule has 0 spiro atoms. The highest BCUT2D eigenvalue weighted by Crippen LogP contribution is 2.41. The van der Waals surface area contributed by atoms with E-state index in [-0.39, 0.29) is 11.8 Å². The Balaban J connectivity index is 2.32. The lowest BCUT2D eigenvalue weighted by atomic mass is 9.96. The first-order chi connectivity index (χ1) is 9.77. The summed E-state index contributed by atoms with van der Waals surface area (Å²) in [5.74, 6) is -0.402. The van der Waals surface area contributed by atoms with Crippen LogP contribution >= 0.6 is 0 Å². The molecule has 0 radical (unpaired) electrons. The van der Waals surface area contributed by atoms with Gasteiger partial charge in [0.2, 0.25) is 11.8 Å². The standard InChI is InChI=1S/C16H12N2O2/c19-15-13(11-7-3-1-4-8-11)14(16(20)18-17-15)12-9-5-2-6-10-12/h1-10H,(H,17,19)(H,18,20). The van der Waals surface area contributed by atoms with Gasteiger partial charge in [-0.05, 0) is 11.1 Å². The molecule has 0 bridgehead atoms. The van der Waals surface area contributed by atoms with E-state index in [1.165, 1.54) is 0 Å². The number of hydrogen-bond acceptors (Lipinski definition) is 4. The zero-order chi connectivity index (χ0) is 13.9. The maximum absolute atomic E-state index is 10.0. The summed E-state index contributed by atoms with van der Waals surface area (Å²) < 4.78 is 0. The molecule has 0 aliphatic carbocycles. The molecule has 20 heavy (non-hydrogen) atoms. The van der Waals surface area contributed by atoms with Crippen LogP contribution in [0.25, 0.3) is 22.3 Å². The fraction of sp³-hybridized carbons (Fsp3) is 0. The van der Waals surface area contributed by atoms with E-state index >= 15 is 0 Å². The van der Waals surface area contributed by atoms with Gasteiger partial charge >= 0.3 is 0 Å². The molecule has 2 aromatic carbocycles. The molecule has 0 saturated carbocycles. The van der Waals surface area contributed by atoms with Crippen molar-refractivity contribution in [1.29, 1.82) is 0 Å². The van der Waals surface area contributed by atoms with E-state index < -0.39 is 0 Å². The highest BCUT2D eigenvalue weighted by atomic mass is 16.3. The van der Waals surface area contributed by atoms with E-state index in [0.29, 0.717) is 11.1 Å². The third-order valence-corrected chi connectivity index (χ3v) is 3.06. The summed E-state index contributed by atoms with van der Waals surface area (Å²) >= 11 is 0.